The summed E-state index contributed by atoms with van der Waals surface area (Å²) in [5.74, 6) is 0.322. The molecule has 0 spiro atoms. The van der Waals surface area contributed by atoms with Gasteiger partial charge in [-0.05, 0) is 31.4 Å². The molecule has 2 unspecified atom stereocenters. The van der Waals surface area contributed by atoms with Gasteiger partial charge in [0.25, 0.3) is 0 Å². The summed E-state index contributed by atoms with van der Waals surface area (Å²) in [5.41, 5.74) is 1.99. The first-order chi connectivity index (χ1) is 15.5. The lowest BCUT2D eigenvalue weighted by molar-refractivity contribution is 0.442. The van der Waals surface area contributed by atoms with Crippen LogP contribution in [0.4, 0.5) is 14.6 Å². The molecule has 2 aromatic heterocycles. The van der Waals surface area contributed by atoms with E-state index >= 15 is 4.39 Å². The number of aryl methyl sites for hydroxylation is 1. The van der Waals surface area contributed by atoms with E-state index in [-0.39, 0.29) is 17.0 Å². The van der Waals surface area contributed by atoms with Gasteiger partial charge in [0.2, 0.25) is 0 Å². The molecule has 2 atom stereocenters. The van der Waals surface area contributed by atoms with Gasteiger partial charge in [-0.2, -0.15) is 0 Å². The van der Waals surface area contributed by atoms with Gasteiger partial charge in [0.05, 0.1) is 5.39 Å². The standard InChI is InChI=1S/C24H24F2N6/c1-13-28-23-17(24(29-13)32-10-15-6-7-16(11-32)30-15)8-27-22(21(23)26)18-12-31(2)9-14-4-3-5-19(25)20(14)18/h3-5,8,12,15-16,30H,6-7,9-11H2,1-2H3. The van der Waals surface area contributed by atoms with Crippen molar-refractivity contribution in [2.24, 2.45) is 0 Å². The number of nitrogens with one attached hydrogen (secondary N) is 1. The number of benzene rings is 1. The Kier molecular flexibility index (Phi) is 4.40. The Morgan fingerprint density at radius 3 is 2.66 bits per heavy atom. The van der Waals surface area contributed by atoms with Gasteiger partial charge in [-0.25, -0.2) is 18.7 Å². The van der Waals surface area contributed by atoms with Crippen LogP contribution in [0.15, 0.2) is 30.6 Å². The highest BCUT2D eigenvalue weighted by atomic mass is 19.1. The predicted molar refractivity (Wildman–Crippen MR) is 119 cm³/mol. The topological polar surface area (TPSA) is 57.2 Å². The van der Waals surface area contributed by atoms with Crippen molar-refractivity contribution in [2.75, 3.05) is 25.0 Å². The van der Waals surface area contributed by atoms with Crippen molar-refractivity contribution < 1.29 is 8.78 Å². The first-order valence-electron chi connectivity index (χ1n) is 11.0. The fourth-order valence-corrected chi connectivity index (χ4v) is 5.33. The summed E-state index contributed by atoms with van der Waals surface area (Å²) in [5, 5.41) is 4.21. The lowest BCUT2D eigenvalue weighted by Crippen LogP contribution is -2.51. The number of fused-ring (bicyclic) bond motifs is 4. The van der Waals surface area contributed by atoms with Crippen LogP contribution in [0.1, 0.15) is 35.5 Å². The average Bonchev–Trinajstić information content (AvgIpc) is 3.11. The summed E-state index contributed by atoms with van der Waals surface area (Å²) in [6.07, 6.45) is 5.69. The molecule has 5 heterocycles. The Labute approximate surface area is 185 Å². The molecule has 3 aliphatic rings. The molecule has 164 valence electrons. The first kappa shape index (κ1) is 19.5. The molecule has 2 bridgehead atoms. The molecule has 3 aliphatic heterocycles. The zero-order valence-corrected chi connectivity index (χ0v) is 18.1. The maximum absolute atomic E-state index is 15.9. The summed E-state index contributed by atoms with van der Waals surface area (Å²) in [7, 11) is 1.88. The van der Waals surface area contributed by atoms with Gasteiger partial charge < -0.3 is 15.1 Å². The van der Waals surface area contributed by atoms with Gasteiger partial charge in [-0.15, -0.1) is 0 Å². The van der Waals surface area contributed by atoms with E-state index in [2.05, 4.69) is 25.2 Å². The average molecular weight is 434 g/mol. The van der Waals surface area contributed by atoms with Gasteiger partial charge in [0.15, 0.2) is 5.82 Å². The lowest BCUT2D eigenvalue weighted by Gasteiger charge is -2.34. The molecular weight excluding hydrogens is 410 g/mol. The van der Waals surface area contributed by atoms with E-state index in [1.807, 2.05) is 18.0 Å². The van der Waals surface area contributed by atoms with E-state index < -0.39 is 5.82 Å². The van der Waals surface area contributed by atoms with Crippen molar-refractivity contribution in [2.45, 2.75) is 38.4 Å². The summed E-state index contributed by atoms with van der Waals surface area (Å²) >= 11 is 0. The van der Waals surface area contributed by atoms with Gasteiger partial charge in [0, 0.05) is 62.3 Å². The molecule has 1 N–H and O–H groups in total. The van der Waals surface area contributed by atoms with Gasteiger partial charge in [-0.3, -0.25) is 4.98 Å². The molecule has 0 aliphatic carbocycles. The quantitative estimate of drug-likeness (QED) is 0.667. The molecule has 1 aromatic carbocycles. The third kappa shape index (κ3) is 3.04. The van der Waals surface area contributed by atoms with Crippen molar-refractivity contribution in [3.63, 3.8) is 0 Å². The first-order valence-corrected chi connectivity index (χ1v) is 11.0. The number of nitrogens with zero attached hydrogens (tertiary/aromatic N) is 5. The monoisotopic (exact) mass is 434 g/mol. The molecule has 0 saturated carbocycles. The molecule has 0 radical (unpaired) electrons. The number of hydrogen-bond donors (Lipinski definition) is 1. The van der Waals surface area contributed by atoms with Crippen LogP contribution in [0, 0.1) is 18.6 Å². The Morgan fingerprint density at radius 1 is 1.09 bits per heavy atom. The number of piperazine rings is 1. The molecule has 2 fully saturated rings. The fourth-order valence-electron chi connectivity index (χ4n) is 5.33. The smallest absolute Gasteiger partial charge is 0.175 e. The molecule has 32 heavy (non-hydrogen) atoms. The predicted octanol–water partition coefficient (Wildman–Crippen LogP) is 3.39. The van der Waals surface area contributed by atoms with Crippen LogP contribution >= 0.6 is 0 Å². The highest BCUT2D eigenvalue weighted by Crippen LogP contribution is 2.36. The van der Waals surface area contributed by atoms with Crippen molar-refractivity contribution in [1.29, 1.82) is 0 Å². The van der Waals surface area contributed by atoms with Crippen LogP contribution in [0.3, 0.4) is 0 Å². The van der Waals surface area contributed by atoms with Crippen LogP contribution < -0.4 is 10.2 Å². The molecule has 3 aromatic rings. The van der Waals surface area contributed by atoms with E-state index in [0.717, 1.165) is 37.3 Å². The van der Waals surface area contributed by atoms with Gasteiger partial charge in [0.1, 0.15) is 28.7 Å². The summed E-state index contributed by atoms with van der Waals surface area (Å²) < 4.78 is 30.7. The molecule has 6 nitrogen and oxygen atoms in total. The molecule has 2 saturated heterocycles. The van der Waals surface area contributed by atoms with Crippen molar-refractivity contribution >= 4 is 22.3 Å². The van der Waals surface area contributed by atoms with Crippen molar-refractivity contribution in [3.8, 4) is 0 Å². The summed E-state index contributed by atoms with van der Waals surface area (Å²) in [6, 6.07) is 5.81. The Balaban J connectivity index is 1.51. The van der Waals surface area contributed by atoms with Gasteiger partial charge in [-0.1, -0.05) is 12.1 Å². The van der Waals surface area contributed by atoms with Crippen LogP contribution in [0.5, 0.6) is 0 Å². The summed E-state index contributed by atoms with van der Waals surface area (Å²) in [4.78, 5) is 17.7. The zero-order valence-electron chi connectivity index (χ0n) is 18.1. The Bertz CT molecular complexity index is 1260. The van der Waals surface area contributed by atoms with Crippen molar-refractivity contribution in [3.05, 3.63) is 64.9 Å². The maximum atomic E-state index is 15.9. The minimum Gasteiger partial charge on any atom is -0.376 e. The lowest BCUT2D eigenvalue weighted by atomic mass is 9.93. The highest BCUT2D eigenvalue weighted by molar-refractivity contribution is 5.93. The van der Waals surface area contributed by atoms with E-state index in [0.29, 0.717) is 41.0 Å². The highest BCUT2D eigenvalue weighted by Gasteiger charge is 2.34. The normalized spacial score (nSPS) is 22.3. The number of halogens is 2. The van der Waals surface area contributed by atoms with E-state index in [1.165, 1.54) is 6.07 Å². The van der Waals surface area contributed by atoms with E-state index in [4.69, 9.17) is 0 Å². The molecule has 6 rings (SSSR count). The minimum atomic E-state index is -0.539. The Hall–Kier alpha value is -3.13. The van der Waals surface area contributed by atoms with Gasteiger partial charge >= 0.3 is 0 Å². The second-order valence-corrected chi connectivity index (χ2v) is 9.05. The zero-order chi connectivity index (χ0) is 22.0. The SMILES string of the molecule is Cc1nc(N2CC3CCC(C2)N3)c2cnc(C3=CN(C)Cc4cccc(F)c43)c(F)c2n1. The van der Waals surface area contributed by atoms with Crippen LogP contribution in [0.25, 0.3) is 16.5 Å². The second-order valence-electron chi connectivity index (χ2n) is 9.05. The number of hydrogen-bond acceptors (Lipinski definition) is 6. The van der Waals surface area contributed by atoms with Crippen molar-refractivity contribution in [1.82, 2.24) is 25.2 Å². The van der Waals surface area contributed by atoms with E-state index in [9.17, 15) is 4.39 Å². The van der Waals surface area contributed by atoms with E-state index in [1.54, 1.807) is 25.4 Å². The Morgan fingerprint density at radius 2 is 1.88 bits per heavy atom. The third-order valence-corrected chi connectivity index (χ3v) is 6.69. The molecule has 8 heteroatoms. The number of aromatic nitrogens is 3. The second kappa shape index (κ2) is 7.20. The third-order valence-electron chi connectivity index (χ3n) is 6.69. The fraction of sp³-hybridized carbons (Fsp3) is 0.375. The minimum absolute atomic E-state index is 0.111. The maximum Gasteiger partial charge on any atom is 0.175 e. The van der Waals surface area contributed by atoms with Crippen LogP contribution in [-0.2, 0) is 6.54 Å². The number of rotatable bonds is 2. The largest absolute Gasteiger partial charge is 0.376 e. The summed E-state index contributed by atoms with van der Waals surface area (Å²) in [6.45, 7) is 4.00. The number of anilines is 1. The molecule has 0 amide bonds. The van der Waals surface area contributed by atoms with Crippen LogP contribution in [0.2, 0.25) is 0 Å². The van der Waals surface area contributed by atoms with Crippen LogP contribution in [-0.4, -0.2) is 52.1 Å². The number of pyridine rings is 1. The molecular formula is C24H24F2N6.